The number of hydrogen-bond donors (Lipinski definition) is 5. The van der Waals surface area contributed by atoms with E-state index in [0.717, 1.165) is 7.11 Å². The number of benzene rings is 2. The molecule has 3 rings (SSSR count). The lowest BCUT2D eigenvalue weighted by molar-refractivity contribution is -0.384. The van der Waals surface area contributed by atoms with Crippen molar-refractivity contribution in [3.05, 3.63) is 94.1 Å². The van der Waals surface area contributed by atoms with Gasteiger partial charge in [-0.25, -0.2) is 14.6 Å². The highest BCUT2D eigenvalue weighted by atomic mass is 16.6. The lowest BCUT2D eigenvalue weighted by atomic mass is 9.94. The fourth-order valence-corrected chi connectivity index (χ4v) is 5.71. The largest absolute Gasteiger partial charge is 0.467 e. The first-order valence-corrected chi connectivity index (χ1v) is 17.9. The van der Waals surface area contributed by atoms with Gasteiger partial charge < -0.3 is 35.9 Å². The van der Waals surface area contributed by atoms with Gasteiger partial charge in [0.15, 0.2) is 0 Å². The summed E-state index contributed by atoms with van der Waals surface area (Å²) in [6, 6.07) is 9.10. The molecule has 0 aliphatic rings. The van der Waals surface area contributed by atoms with Gasteiger partial charge in [-0.3, -0.25) is 29.4 Å². The number of carbonyl (C=O) groups is 5. The van der Waals surface area contributed by atoms with Crippen molar-refractivity contribution in [1.82, 2.24) is 25.5 Å². The number of aromatic nitrogens is 2. The third kappa shape index (κ3) is 13.3. The zero-order chi connectivity index (χ0) is 40.9. The summed E-state index contributed by atoms with van der Waals surface area (Å²) in [6.07, 6.45) is -0.166. The summed E-state index contributed by atoms with van der Waals surface area (Å²) in [7, 11) is 1.11. The summed E-state index contributed by atoms with van der Waals surface area (Å²) in [5, 5.41) is 27.4. The number of nitro benzene ring substituents is 1. The minimum absolute atomic E-state index is 0.00995. The van der Waals surface area contributed by atoms with Gasteiger partial charge in [0, 0.05) is 42.9 Å². The molecule has 0 aliphatic carbocycles. The summed E-state index contributed by atoms with van der Waals surface area (Å²) >= 11 is 0. The molecule has 1 unspecified atom stereocenters. The normalized spacial score (nSPS) is 14.6. The van der Waals surface area contributed by atoms with E-state index in [4.69, 9.17) is 15.2 Å². The first-order valence-electron chi connectivity index (χ1n) is 17.9. The number of aliphatic hydroxyl groups is 1. The summed E-state index contributed by atoms with van der Waals surface area (Å²) < 4.78 is 10.4. The zero-order valence-corrected chi connectivity index (χ0v) is 31.9. The highest BCUT2D eigenvalue weighted by molar-refractivity contribution is 6.03. The number of methoxy groups -OCH3 is 1. The van der Waals surface area contributed by atoms with Crippen LogP contribution in [0.2, 0.25) is 0 Å². The molecule has 0 radical (unpaired) electrons. The molecule has 2 aromatic carbocycles. The van der Waals surface area contributed by atoms with Crippen LogP contribution in [-0.2, 0) is 47.9 Å². The molecule has 0 saturated carbocycles. The summed E-state index contributed by atoms with van der Waals surface area (Å²) in [4.78, 5) is 87.3. The highest BCUT2D eigenvalue weighted by Gasteiger charge is 2.43. The van der Waals surface area contributed by atoms with Crippen LogP contribution < -0.4 is 16.4 Å². The Morgan fingerprint density at radius 2 is 1.62 bits per heavy atom. The van der Waals surface area contributed by atoms with Gasteiger partial charge in [0.1, 0.15) is 23.7 Å². The van der Waals surface area contributed by atoms with Crippen LogP contribution in [0, 0.1) is 16.0 Å². The smallest absolute Gasteiger partial charge is 0.408 e. The summed E-state index contributed by atoms with van der Waals surface area (Å²) in [5.74, 6) is -4.28. The van der Waals surface area contributed by atoms with Crippen LogP contribution in [0.15, 0.2) is 67.1 Å². The standard InChI is InChI=1S/C38H51N7O10/c1-7-23(2)33(36(50)54-6)44(32(47)20-31(46)28(39)17-25-13-15-27(16-14-25)45(52)53)35(49)30(19-26-21-40-22-41-26)42-34(48)29(18-24-11-9-8-10-12-24)43-37(51)55-38(3,4)5/h8-16,21-23,28-31,33,46H,7,17-20,39H2,1-6H3,(H,40,41)(H,42,48)(H,43,51)/t23-,28+,29+,30+,31?,33+/m1/s1. The first kappa shape index (κ1) is 43.7. The number of ether oxygens (including phenoxy) is 2. The lowest BCUT2D eigenvalue weighted by Gasteiger charge is -2.35. The van der Waals surface area contributed by atoms with Crippen LogP contribution in [0.3, 0.4) is 0 Å². The fraction of sp³-hybridized carbons (Fsp3) is 0.474. The van der Waals surface area contributed by atoms with Gasteiger partial charge in [-0.05, 0) is 44.2 Å². The van der Waals surface area contributed by atoms with Crippen LogP contribution in [-0.4, -0.2) is 97.7 Å². The Balaban J connectivity index is 2.00. The third-order valence-corrected chi connectivity index (χ3v) is 8.79. The number of imide groups is 1. The molecule has 0 bridgehead atoms. The van der Waals surface area contributed by atoms with Gasteiger partial charge in [0.05, 0.1) is 30.9 Å². The van der Waals surface area contributed by atoms with Gasteiger partial charge >= 0.3 is 12.1 Å². The van der Waals surface area contributed by atoms with Gasteiger partial charge in [-0.2, -0.15) is 0 Å². The number of amides is 4. The lowest BCUT2D eigenvalue weighted by Crippen LogP contribution is -2.61. The molecule has 6 N–H and O–H groups in total. The van der Waals surface area contributed by atoms with Crippen LogP contribution in [0.1, 0.15) is 64.3 Å². The number of aliphatic hydroxyl groups excluding tert-OH is 1. The average molecular weight is 766 g/mol. The maximum absolute atomic E-state index is 14.7. The molecule has 6 atom stereocenters. The molecular formula is C38H51N7O10. The van der Waals surface area contributed by atoms with Gasteiger partial charge in [-0.1, -0.05) is 62.7 Å². The SMILES string of the molecule is CC[C@@H](C)[C@@H](C(=O)OC)N(C(=O)CC(O)[C@@H](N)Cc1ccc([N+](=O)[O-])cc1)C(=O)[C@H](Cc1cnc[nH]1)NC(=O)[C@H](Cc1ccccc1)NC(=O)OC(C)(C)C. The molecule has 3 aromatic rings. The number of esters is 1. The second-order valence-corrected chi connectivity index (χ2v) is 14.2. The number of imidazole rings is 1. The van der Waals surface area contributed by atoms with Crippen molar-refractivity contribution < 1.29 is 43.5 Å². The van der Waals surface area contributed by atoms with Gasteiger partial charge in [0.25, 0.3) is 11.6 Å². The molecule has 1 heterocycles. The minimum atomic E-state index is -1.53. The Labute approximate surface area is 319 Å². The van der Waals surface area contributed by atoms with Gasteiger partial charge in [-0.15, -0.1) is 0 Å². The Hall–Kier alpha value is -5.68. The topological polar surface area (TPSA) is 249 Å². The Kier molecular flexibility index (Phi) is 16.0. The average Bonchev–Trinajstić information content (AvgIpc) is 3.65. The van der Waals surface area contributed by atoms with Crippen LogP contribution >= 0.6 is 0 Å². The van der Waals surface area contributed by atoms with Crippen molar-refractivity contribution in [2.24, 2.45) is 11.7 Å². The fourth-order valence-electron chi connectivity index (χ4n) is 5.71. The number of rotatable bonds is 18. The Morgan fingerprint density at radius 3 is 2.16 bits per heavy atom. The summed E-state index contributed by atoms with van der Waals surface area (Å²) in [6.45, 7) is 8.40. The van der Waals surface area contributed by atoms with Crippen molar-refractivity contribution >= 4 is 35.5 Å². The van der Waals surface area contributed by atoms with Crippen LogP contribution in [0.5, 0.6) is 0 Å². The number of carbonyl (C=O) groups excluding carboxylic acids is 5. The monoisotopic (exact) mass is 765 g/mol. The number of nitrogens with one attached hydrogen (secondary N) is 3. The van der Waals surface area contributed by atoms with Crippen molar-refractivity contribution in [2.45, 2.75) is 103 Å². The van der Waals surface area contributed by atoms with Gasteiger partial charge in [0.2, 0.25) is 11.8 Å². The van der Waals surface area contributed by atoms with E-state index < -0.39 is 82.9 Å². The molecule has 17 heteroatoms. The van der Waals surface area contributed by atoms with Crippen LogP contribution in [0.4, 0.5) is 10.5 Å². The van der Waals surface area contributed by atoms with E-state index in [0.29, 0.717) is 28.1 Å². The second kappa shape index (κ2) is 20.1. The van der Waals surface area contributed by atoms with E-state index in [1.54, 1.807) is 65.0 Å². The third-order valence-electron chi connectivity index (χ3n) is 8.79. The number of aromatic amines is 1. The second-order valence-electron chi connectivity index (χ2n) is 14.2. The molecular weight excluding hydrogens is 714 g/mol. The van der Waals surface area contributed by atoms with E-state index in [2.05, 4.69) is 20.6 Å². The molecule has 0 spiro atoms. The molecule has 4 amide bonds. The minimum Gasteiger partial charge on any atom is -0.467 e. The molecule has 298 valence electrons. The number of hydrogen-bond acceptors (Lipinski definition) is 12. The number of non-ortho nitro benzene ring substituents is 1. The predicted octanol–water partition coefficient (Wildman–Crippen LogP) is 2.75. The predicted molar refractivity (Wildman–Crippen MR) is 200 cm³/mol. The van der Waals surface area contributed by atoms with E-state index >= 15 is 0 Å². The maximum atomic E-state index is 14.7. The van der Waals surface area contributed by atoms with Crippen molar-refractivity contribution in [3.8, 4) is 0 Å². The molecule has 55 heavy (non-hydrogen) atoms. The molecule has 1 aromatic heterocycles. The van der Waals surface area contributed by atoms with E-state index in [1.807, 2.05) is 0 Å². The quantitative estimate of drug-likeness (QED) is 0.0713. The maximum Gasteiger partial charge on any atom is 0.408 e. The van der Waals surface area contributed by atoms with Crippen molar-refractivity contribution in [2.75, 3.05) is 7.11 Å². The number of alkyl carbamates (subject to hydrolysis) is 1. The molecule has 0 aliphatic heterocycles. The van der Waals surface area contributed by atoms with E-state index in [-0.39, 0.29) is 24.9 Å². The number of nitro groups is 1. The number of nitrogens with two attached hydrogens (primary N) is 1. The molecule has 0 saturated heterocycles. The molecule has 0 fully saturated rings. The molecule has 17 nitrogen and oxygen atoms in total. The Morgan fingerprint density at radius 1 is 0.982 bits per heavy atom. The van der Waals surface area contributed by atoms with E-state index in [9.17, 15) is 39.2 Å². The number of nitrogens with zero attached hydrogens (tertiary/aromatic N) is 3. The van der Waals surface area contributed by atoms with Crippen molar-refractivity contribution in [3.63, 3.8) is 0 Å². The number of H-pyrrole nitrogens is 1. The summed E-state index contributed by atoms with van der Waals surface area (Å²) in [5.41, 5.74) is 6.89. The van der Waals surface area contributed by atoms with E-state index in [1.165, 1.54) is 36.8 Å². The van der Waals surface area contributed by atoms with Crippen molar-refractivity contribution in [1.29, 1.82) is 0 Å². The Bertz CT molecular complexity index is 1750. The zero-order valence-electron chi connectivity index (χ0n) is 31.9. The highest BCUT2D eigenvalue weighted by Crippen LogP contribution is 2.22. The van der Waals surface area contributed by atoms with Crippen LogP contribution in [0.25, 0.3) is 0 Å². The first-order chi connectivity index (χ1) is 25.9.